The fourth-order valence-electron chi connectivity index (χ4n) is 7.39. The Morgan fingerprint density at radius 1 is 0.429 bits per heavy atom. The Balaban J connectivity index is 0.000000495. The van der Waals surface area contributed by atoms with E-state index in [1.165, 1.54) is 12.3 Å². The third-order valence-electron chi connectivity index (χ3n) is 12.0. The Hall–Kier alpha value is -10.1. The van der Waals surface area contributed by atoms with E-state index >= 15 is 0 Å². The van der Waals surface area contributed by atoms with Crippen molar-refractivity contribution in [1.29, 1.82) is 0 Å². The van der Waals surface area contributed by atoms with Crippen LogP contribution in [-0.4, -0.2) is 162 Å². The number of guanidine groups is 3. The first-order valence-electron chi connectivity index (χ1n) is 29.3. The number of ether oxygens (including phenoxy) is 3. The Morgan fingerprint density at radius 3 is 1.16 bits per heavy atom. The third kappa shape index (κ3) is 34.0. The Labute approximate surface area is 589 Å². The molecule has 0 radical (unpaired) electrons. The van der Waals surface area contributed by atoms with Crippen LogP contribution in [0.1, 0.15) is 109 Å². The van der Waals surface area contributed by atoms with Gasteiger partial charge in [0.2, 0.25) is 17.8 Å². The molecule has 5 aromatic heterocycles. The summed E-state index contributed by atoms with van der Waals surface area (Å²) in [6.07, 6.45) is 14.6. The highest BCUT2D eigenvalue weighted by atomic mass is 35.5. The molecule has 0 bridgehead atoms. The van der Waals surface area contributed by atoms with E-state index in [-0.39, 0.29) is 159 Å². The summed E-state index contributed by atoms with van der Waals surface area (Å²) in [5.74, 6) is -2.96. The van der Waals surface area contributed by atoms with Crippen LogP contribution in [-0.2, 0) is 28.6 Å². The highest BCUT2D eigenvalue weighted by molar-refractivity contribution is 6.32. The number of nitrogen functional groups attached to an aromatic ring is 7. The predicted octanol–water partition coefficient (Wildman–Crippen LogP) is 2.60. The Bertz CT molecular complexity index is 3580. The Morgan fingerprint density at radius 2 is 0.796 bits per heavy atom. The second kappa shape index (κ2) is 46.9. The van der Waals surface area contributed by atoms with Crippen LogP contribution in [0, 0.1) is 0 Å². The largest absolute Gasteiger partial charge is 0.384 e. The lowest BCUT2D eigenvalue weighted by Gasteiger charge is -2.07. The normalized spacial score (nSPS) is 11.0. The van der Waals surface area contributed by atoms with Crippen molar-refractivity contribution in [3.8, 4) is 0 Å². The van der Waals surface area contributed by atoms with E-state index in [4.69, 9.17) is 106 Å². The molecule has 0 saturated carbocycles. The van der Waals surface area contributed by atoms with Gasteiger partial charge in [-0.3, -0.25) is 70.3 Å². The van der Waals surface area contributed by atoms with Gasteiger partial charge < -0.3 is 81.8 Å². The zero-order valence-electron chi connectivity index (χ0n) is 52.8. The molecule has 0 spiro atoms. The molecule has 98 heavy (non-hydrogen) atoms. The van der Waals surface area contributed by atoms with Crippen LogP contribution in [0.5, 0.6) is 0 Å². The molecule has 5 heterocycles. The summed E-state index contributed by atoms with van der Waals surface area (Å²) in [5, 5.41) is 14.6. The second-order valence-corrected chi connectivity index (χ2v) is 20.8. The summed E-state index contributed by atoms with van der Waals surface area (Å²) in [4.78, 5) is 121. The van der Waals surface area contributed by atoms with Crippen molar-refractivity contribution >= 4 is 171 Å². The molecule has 1 aromatic carbocycles. The average Bonchev–Trinajstić information content (AvgIpc) is 0.946. The molecular formula is C55H80Cl5N29O9. The van der Waals surface area contributed by atoms with Crippen molar-refractivity contribution in [2.24, 2.45) is 32.2 Å². The molecule has 6 aromatic rings. The minimum atomic E-state index is -0.688. The number of halogens is 5. The fourth-order valence-corrected chi connectivity index (χ4v) is 7.77. The van der Waals surface area contributed by atoms with E-state index in [0.717, 1.165) is 82.7 Å². The van der Waals surface area contributed by atoms with Crippen LogP contribution in [0.3, 0.4) is 0 Å². The number of nitrogens with zero attached hydrogens (tertiary/aromatic N) is 12. The maximum atomic E-state index is 12.1. The van der Waals surface area contributed by atoms with E-state index in [1.54, 1.807) is 12.4 Å². The number of para-hydroxylation sites is 1. The van der Waals surface area contributed by atoms with Gasteiger partial charge in [0.05, 0.1) is 0 Å². The molecule has 0 aliphatic rings. The third-order valence-corrected chi connectivity index (χ3v) is 12.8. The first-order chi connectivity index (χ1) is 46.0. The number of hydrogen-bond acceptors (Lipinski definition) is 28. The number of rotatable bonds is 33. The minimum Gasteiger partial charge on any atom is -0.384 e. The van der Waals surface area contributed by atoms with Gasteiger partial charge in [0.1, 0.15) is 25.6 Å². The molecule has 43 heteroatoms. The van der Waals surface area contributed by atoms with E-state index in [9.17, 15) is 28.8 Å². The number of anilines is 10. The number of hydrogen-bond donors (Lipinski definition) is 17. The highest BCUT2D eigenvalue weighted by Gasteiger charge is 2.20. The summed E-state index contributed by atoms with van der Waals surface area (Å²) in [5.41, 5.74) is 56.1. The summed E-state index contributed by atoms with van der Waals surface area (Å²) < 4.78 is 16.0. The van der Waals surface area contributed by atoms with E-state index < -0.39 is 17.7 Å². The molecule has 534 valence electrons. The SMILES string of the molecule is Cl.Cl.NC(=NCCCCCCOCC(=O)Nc1ccccc1)NC(=O)c1nc(Cl)c(N)nc1N.NC(=NCCCCCCOCC(=O)Nc1ncc[nH]1)NC(=O)c1nc(Cl)c(N)nc1N.NC(=NCCCCCCOCC(=O)Nc1nccc(N)n1)NC(=O)c1nc(Cl)c(N)nc1N. The quantitative estimate of drug-likeness (QED) is 0.0160. The number of unbranched alkanes of at least 4 members (excludes halogenated alkanes) is 9. The van der Waals surface area contributed by atoms with Gasteiger partial charge in [-0.1, -0.05) is 91.5 Å². The summed E-state index contributed by atoms with van der Waals surface area (Å²) in [7, 11) is 0. The summed E-state index contributed by atoms with van der Waals surface area (Å²) in [6.45, 7) is 2.57. The van der Waals surface area contributed by atoms with Crippen molar-refractivity contribution in [3.63, 3.8) is 0 Å². The fraction of sp³-hybridized carbons (Fsp3) is 0.382. The topological polar surface area (TPSA) is 631 Å². The van der Waals surface area contributed by atoms with Crippen molar-refractivity contribution in [2.45, 2.75) is 77.0 Å². The van der Waals surface area contributed by atoms with E-state index in [2.05, 4.69) is 96.7 Å². The van der Waals surface area contributed by atoms with Crippen LogP contribution in [0.25, 0.3) is 0 Å². The molecule has 0 fully saturated rings. The first-order valence-corrected chi connectivity index (χ1v) is 30.5. The highest BCUT2D eigenvalue weighted by Crippen LogP contribution is 2.20. The number of carbonyl (C=O) groups is 6. The minimum absolute atomic E-state index is 0. The average molecular weight is 1470 g/mol. The zero-order chi connectivity index (χ0) is 70.2. The van der Waals surface area contributed by atoms with Crippen molar-refractivity contribution in [2.75, 3.05) is 115 Å². The molecule has 38 nitrogen and oxygen atoms in total. The number of aliphatic imine (C=N–C) groups is 3. The molecule has 0 atom stereocenters. The molecule has 0 unspecified atom stereocenters. The summed E-state index contributed by atoms with van der Waals surface area (Å²) in [6, 6.07) is 10.7. The molecule has 6 amide bonds. The molecule has 0 aliphatic heterocycles. The van der Waals surface area contributed by atoms with Crippen LogP contribution >= 0.6 is 59.6 Å². The number of aromatic amines is 1. The lowest BCUT2D eigenvalue weighted by molar-refractivity contribution is -0.121. The van der Waals surface area contributed by atoms with Crippen LogP contribution < -0.4 is 89.2 Å². The van der Waals surface area contributed by atoms with Crippen molar-refractivity contribution < 1.29 is 43.0 Å². The number of benzene rings is 1. The van der Waals surface area contributed by atoms with Gasteiger partial charge in [-0.25, -0.2) is 39.9 Å². The van der Waals surface area contributed by atoms with Gasteiger partial charge >= 0.3 is 0 Å². The van der Waals surface area contributed by atoms with Crippen LogP contribution in [0.2, 0.25) is 15.5 Å². The van der Waals surface area contributed by atoms with Gasteiger partial charge in [-0.15, -0.1) is 24.8 Å². The number of imidazole rings is 1. The van der Waals surface area contributed by atoms with Gasteiger partial charge in [0.15, 0.2) is 85.3 Å². The molecular weight excluding hydrogens is 1390 g/mol. The standard InChI is InChI=1S/C20H27ClN8O3.C18H26ClN11O3.C17H25ClN10O3.2ClH/c21-16-18(23)28-17(22)15(27-16)19(31)29-20(24)25-10-6-1-2-7-11-32-12-14(30)26-13-8-4-3-5-9-13;19-13-15(22)29-14(21)12(28-13)16(32)30-17(23)24-6-3-1-2-4-8-33-9-11(31)27-18-25-7-5-10(20)26-18;18-12-14(20)27-13(19)11(26-12)15(30)28-16(21)22-5-3-1-2-4-8-31-9-10(29)25-17-23-6-7-24-17;;/h3-5,8-9H,1-2,6-7,10-12H2,(H,26,30)(H4,22,23,28)(H3,24,25,29,31);5,7H,1-4,6,8-9H2,(H4,21,22,29)(H3,23,24,30,32)(H3,20,25,26,27,31);6-7H,1-5,8-9H2,(H4,19,20,27)(H3,21,22,28,30)(H2,23,24,25,29);2*1H. The Kier molecular flexibility index (Phi) is 40.2. The number of nitrogens with one attached hydrogen (secondary N) is 7. The molecule has 27 N–H and O–H groups in total. The van der Waals surface area contributed by atoms with Crippen LogP contribution in [0.15, 0.2) is 70.0 Å². The smallest absolute Gasteiger partial charge is 0.280 e. The number of H-pyrrole nitrogens is 1. The monoisotopic (exact) mass is 1470 g/mol. The van der Waals surface area contributed by atoms with Crippen molar-refractivity contribution in [1.82, 2.24) is 65.8 Å². The maximum Gasteiger partial charge on any atom is 0.280 e. The summed E-state index contributed by atoms with van der Waals surface area (Å²) >= 11 is 17.3. The lowest BCUT2D eigenvalue weighted by atomic mass is 10.2. The van der Waals surface area contributed by atoms with Crippen molar-refractivity contribution in [3.05, 3.63) is 87.5 Å². The van der Waals surface area contributed by atoms with Gasteiger partial charge in [-0.05, 0) is 56.7 Å². The number of amides is 6. The number of nitrogens with two attached hydrogens (primary N) is 10. The molecule has 0 saturated heterocycles. The lowest BCUT2D eigenvalue weighted by Crippen LogP contribution is -2.38. The molecule has 6 rings (SSSR count). The van der Waals surface area contributed by atoms with Gasteiger partial charge in [-0.2, -0.15) is 4.98 Å². The number of carbonyl (C=O) groups excluding carboxylic acids is 6. The van der Waals surface area contributed by atoms with Gasteiger partial charge in [0, 0.05) is 63.7 Å². The van der Waals surface area contributed by atoms with Crippen LogP contribution in [0.4, 0.5) is 58.3 Å². The zero-order valence-corrected chi connectivity index (χ0v) is 56.7. The molecule has 0 aliphatic carbocycles. The maximum absolute atomic E-state index is 12.1. The number of aromatic nitrogens is 10. The predicted molar refractivity (Wildman–Crippen MR) is 379 cm³/mol. The van der Waals surface area contributed by atoms with E-state index in [0.29, 0.717) is 45.4 Å². The first kappa shape index (κ1) is 84.0. The van der Waals surface area contributed by atoms with E-state index in [1.807, 2.05) is 30.3 Å². The second-order valence-electron chi connectivity index (χ2n) is 19.7. The van der Waals surface area contributed by atoms with Gasteiger partial charge in [0.25, 0.3) is 29.5 Å².